The number of nitrogens with two attached hydrogens (primary N) is 1. The Morgan fingerprint density at radius 1 is 1.20 bits per heavy atom. The van der Waals surface area contributed by atoms with Gasteiger partial charge in [0, 0.05) is 5.69 Å². The van der Waals surface area contributed by atoms with Crippen LogP contribution < -0.4 is 11.3 Å². The van der Waals surface area contributed by atoms with E-state index in [1.54, 1.807) is 0 Å². The molecule has 0 radical (unpaired) electrons. The summed E-state index contributed by atoms with van der Waals surface area (Å²) in [6, 6.07) is 0. The van der Waals surface area contributed by atoms with Gasteiger partial charge in [-0.05, 0) is 31.2 Å². The van der Waals surface area contributed by atoms with Gasteiger partial charge in [0.05, 0.1) is 5.69 Å². The van der Waals surface area contributed by atoms with E-state index in [1.165, 1.54) is 0 Å². The number of aromatic nitrogens is 3. The van der Waals surface area contributed by atoms with Crippen LogP contribution in [0.5, 0.6) is 0 Å². The summed E-state index contributed by atoms with van der Waals surface area (Å²) in [6.45, 7) is 0. The quantitative estimate of drug-likeness (QED) is 0.590. The minimum absolute atomic E-state index is 0.177. The molecule has 2 aromatic rings. The maximum atomic E-state index is 11.5. The second kappa shape index (κ2) is 2.85. The average molecular weight is 204 g/mol. The lowest BCUT2D eigenvalue weighted by Crippen LogP contribution is -2.11. The summed E-state index contributed by atoms with van der Waals surface area (Å²) in [5, 5.41) is 5.78. The molecule has 5 heteroatoms. The van der Waals surface area contributed by atoms with Crippen molar-refractivity contribution in [3.63, 3.8) is 0 Å². The van der Waals surface area contributed by atoms with Crippen LogP contribution in [0.25, 0.3) is 11.0 Å². The Hall–Kier alpha value is -1.78. The van der Waals surface area contributed by atoms with Crippen molar-refractivity contribution in [2.45, 2.75) is 25.7 Å². The van der Waals surface area contributed by atoms with Gasteiger partial charge < -0.3 is 5.73 Å². The fraction of sp³-hybridized carbons (Fsp3) is 0.400. The summed E-state index contributed by atoms with van der Waals surface area (Å²) < 4.78 is 0. The van der Waals surface area contributed by atoms with E-state index >= 15 is 0 Å². The molecule has 0 unspecified atom stereocenters. The highest BCUT2D eigenvalue weighted by Gasteiger charge is 2.18. The lowest BCUT2D eigenvalue weighted by atomic mass is 9.94. The second-order valence-electron chi connectivity index (χ2n) is 3.96. The van der Waals surface area contributed by atoms with Crippen LogP contribution in [-0.4, -0.2) is 15.2 Å². The summed E-state index contributed by atoms with van der Waals surface area (Å²) >= 11 is 0. The number of pyridine rings is 1. The number of hydrogen-bond acceptors (Lipinski definition) is 3. The van der Waals surface area contributed by atoms with Crippen molar-refractivity contribution in [1.82, 2.24) is 15.2 Å². The van der Waals surface area contributed by atoms with Crippen LogP contribution in [0.2, 0.25) is 0 Å². The zero-order chi connectivity index (χ0) is 10.4. The molecule has 4 N–H and O–H groups in total. The van der Waals surface area contributed by atoms with E-state index < -0.39 is 0 Å². The van der Waals surface area contributed by atoms with E-state index in [2.05, 4.69) is 15.2 Å². The second-order valence-corrected chi connectivity index (χ2v) is 3.96. The molecule has 78 valence electrons. The Kier molecular flexibility index (Phi) is 1.62. The lowest BCUT2D eigenvalue weighted by molar-refractivity contribution is 0.672. The SMILES string of the molecule is Nc1c2c(nc3[nH][nH]c(=O)c13)CCCC2. The van der Waals surface area contributed by atoms with Gasteiger partial charge in [0.1, 0.15) is 5.39 Å². The van der Waals surface area contributed by atoms with Crippen molar-refractivity contribution in [2.75, 3.05) is 5.73 Å². The van der Waals surface area contributed by atoms with E-state index in [1.807, 2.05) is 0 Å². The topological polar surface area (TPSA) is 87.6 Å². The largest absolute Gasteiger partial charge is 0.398 e. The van der Waals surface area contributed by atoms with Gasteiger partial charge in [0.15, 0.2) is 5.65 Å². The Balaban J connectivity index is 2.43. The minimum Gasteiger partial charge on any atom is -0.398 e. The third-order valence-electron chi connectivity index (χ3n) is 3.04. The summed E-state index contributed by atoms with van der Waals surface area (Å²) in [5.41, 5.74) is 9.13. The molecule has 3 rings (SSSR count). The molecule has 5 nitrogen and oxygen atoms in total. The highest BCUT2D eigenvalue weighted by molar-refractivity contribution is 5.89. The molecule has 15 heavy (non-hydrogen) atoms. The smallest absolute Gasteiger partial charge is 0.275 e. The highest BCUT2D eigenvalue weighted by atomic mass is 16.1. The molecule has 2 aromatic heterocycles. The fourth-order valence-electron chi connectivity index (χ4n) is 2.27. The van der Waals surface area contributed by atoms with Crippen LogP contribution in [0, 0.1) is 0 Å². The zero-order valence-corrected chi connectivity index (χ0v) is 8.26. The number of fused-ring (bicyclic) bond motifs is 2. The third kappa shape index (κ3) is 1.09. The molecule has 0 spiro atoms. The number of nitrogens with one attached hydrogen (secondary N) is 2. The monoisotopic (exact) mass is 204 g/mol. The molecule has 0 aliphatic heterocycles. The first-order chi connectivity index (χ1) is 7.27. The van der Waals surface area contributed by atoms with Crippen molar-refractivity contribution in [3.05, 3.63) is 21.6 Å². The number of nitrogens with zero attached hydrogens (tertiary/aromatic N) is 1. The predicted molar refractivity (Wildman–Crippen MR) is 57.8 cm³/mol. The number of aromatic amines is 2. The fourth-order valence-corrected chi connectivity index (χ4v) is 2.27. The van der Waals surface area contributed by atoms with E-state index in [9.17, 15) is 4.79 Å². The lowest BCUT2D eigenvalue weighted by Gasteiger charge is -2.16. The van der Waals surface area contributed by atoms with Gasteiger partial charge >= 0.3 is 0 Å². The average Bonchev–Trinajstić information content (AvgIpc) is 2.61. The van der Waals surface area contributed by atoms with Gasteiger partial charge in [0.25, 0.3) is 5.56 Å². The maximum absolute atomic E-state index is 11.5. The molecular weight excluding hydrogens is 192 g/mol. The van der Waals surface area contributed by atoms with Crippen LogP contribution in [0.15, 0.2) is 4.79 Å². The Labute approximate surface area is 85.7 Å². The number of hydrogen-bond donors (Lipinski definition) is 3. The molecule has 0 amide bonds. The standard InChI is InChI=1S/C10H12N4O/c11-8-5-3-1-2-4-6(5)12-9-7(8)10(15)14-13-9/h1-4H2,(H4,11,12,13,14,15). The third-order valence-corrected chi connectivity index (χ3v) is 3.04. The van der Waals surface area contributed by atoms with Gasteiger partial charge in [-0.3, -0.25) is 15.0 Å². The van der Waals surface area contributed by atoms with Gasteiger partial charge in [-0.25, -0.2) is 4.98 Å². The van der Waals surface area contributed by atoms with E-state index in [0.717, 1.165) is 36.9 Å². The highest BCUT2D eigenvalue weighted by Crippen LogP contribution is 2.28. The van der Waals surface area contributed by atoms with Gasteiger partial charge in [-0.1, -0.05) is 0 Å². The maximum Gasteiger partial charge on any atom is 0.275 e. The minimum atomic E-state index is -0.177. The Morgan fingerprint density at radius 2 is 2.00 bits per heavy atom. The Bertz CT molecular complexity index is 581. The number of nitrogen functional groups attached to an aromatic ring is 1. The van der Waals surface area contributed by atoms with Crippen LogP contribution in [0.3, 0.4) is 0 Å². The van der Waals surface area contributed by atoms with Crippen molar-refractivity contribution in [2.24, 2.45) is 0 Å². The molecule has 0 atom stereocenters. The molecule has 1 aliphatic rings. The predicted octanol–water partition coefficient (Wildman–Crippen LogP) is 0.712. The van der Waals surface area contributed by atoms with E-state index in [-0.39, 0.29) is 5.56 Å². The Morgan fingerprint density at radius 3 is 2.87 bits per heavy atom. The summed E-state index contributed by atoms with van der Waals surface area (Å²) in [4.78, 5) is 15.9. The molecule has 0 saturated heterocycles. The van der Waals surface area contributed by atoms with Gasteiger partial charge in [0.2, 0.25) is 0 Å². The van der Waals surface area contributed by atoms with E-state index in [4.69, 9.17) is 5.73 Å². The zero-order valence-electron chi connectivity index (χ0n) is 8.26. The molecule has 0 fully saturated rings. The van der Waals surface area contributed by atoms with Crippen molar-refractivity contribution < 1.29 is 0 Å². The van der Waals surface area contributed by atoms with E-state index in [0.29, 0.717) is 16.7 Å². The van der Waals surface area contributed by atoms with Crippen LogP contribution in [0.4, 0.5) is 5.69 Å². The van der Waals surface area contributed by atoms with Gasteiger partial charge in [-0.2, -0.15) is 0 Å². The van der Waals surface area contributed by atoms with Crippen LogP contribution in [0.1, 0.15) is 24.1 Å². The van der Waals surface area contributed by atoms with Crippen molar-refractivity contribution in [3.8, 4) is 0 Å². The molecule has 0 bridgehead atoms. The number of rotatable bonds is 0. The van der Waals surface area contributed by atoms with Crippen molar-refractivity contribution in [1.29, 1.82) is 0 Å². The van der Waals surface area contributed by atoms with Crippen molar-refractivity contribution >= 4 is 16.7 Å². The number of aryl methyl sites for hydroxylation is 1. The first-order valence-corrected chi connectivity index (χ1v) is 5.15. The number of H-pyrrole nitrogens is 2. The molecule has 0 aromatic carbocycles. The first kappa shape index (κ1) is 8.52. The van der Waals surface area contributed by atoms with Crippen LogP contribution in [-0.2, 0) is 12.8 Å². The summed E-state index contributed by atoms with van der Waals surface area (Å²) in [5.74, 6) is 0. The normalized spacial score (nSPS) is 15.5. The number of anilines is 1. The molecule has 2 heterocycles. The summed E-state index contributed by atoms with van der Waals surface area (Å²) in [7, 11) is 0. The molecular formula is C10H12N4O. The molecule has 0 saturated carbocycles. The van der Waals surface area contributed by atoms with Gasteiger partial charge in [-0.15, -0.1) is 0 Å². The molecule has 1 aliphatic carbocycles. The van der Waals surface area contributed by atoms with Crippen LogP contribution >= 0.6 is 0 Å². The first-order valence-electron chi connectivity index (χ1n) is 5.15. The summed E-state index contributed by atoms with van der Waals surface area (Å²) in [6.07, 6.45) is 4.18.